The second kappa shape index (κ2) is 2.71. The molecule has 0 aromatic heterocycles. The fraction of sp³-hybridized carbons (Fsp3) is 0.900. The lowest BCUT2D eigenvalue weighted by Gasteiger charge is -2.48. The van der Waals surface area contributed by atoms with E-state index in [2.05, 4.69) is 10.2 Å². The van der Waals surface area contributed by atoms with Crippen LogP contribution in [0.4, 0.5) is 0 Å². The van der Waals surface area contributed by atoms with Crippen LogP contribution >= 0.6 is 0 Å². The minimum absolute atomic E-state index is 0.373. The fourth-order valence-corrected chi connectivity index (χ4v) is 2.90. The van der Waals surface area contributed by atoms with Crippen LogP contribution in [-0.2, 0) is 4.79 Å². The van der Waals surface area contributed by atoms with Gasteiger partial charge in [-0.15, -0.1) is 0 Å². The normalized spacial score (nSPS) is 43.5. The molecule has 3 aliphatic heterocycles. The number of fused-ring (bicyclic) bond motifs is 2. The van der Waals surface area contributed by atoms with Crippen LogP contribution in [0.25, 0.3) is 0 Å². The Morgan fingerprint density at radius 1 is 1.38 bits per heavy atom. The molecule has 1 N–H and O–H groups in total. The van der Waals surface area contributed by atoms with Gasteiger partial charge in [-0.1, -0.05) is 0 Å². The Morgan fingerprint density at radius 2 is 2.23 bits per heavy atom. The molecule has 0 aromatic rings. The summed E-state index contributed by atoms with van der Waals surface area (Å²) in [6.45, 7) is 2.11. The van der Waals surface area contributed by atoms with Gasteiger partial charge in [0.1, 0.15) is 0 Å². The zero-order valence-corrected chi connectivity index (χ0v) is 7.83. The maximum atomic E-state index is 11.8. The first-order valence-electron chi connectivity index (χ1n) is 5.38. The van der Waals surface area contributed by atoms with Crippen molar-refractivity contribution in [2.75, 3.05) is 13.1 Å². The number of carbonyl (C=O) groups is 1. The number of hydrogen-bond acceptors (Lipinski definition) is 2. The molecule has 1 aliphatic carbocycles. The molecule has 1 saturated carbocycles. The minimum atomic E-state index is 0.373. The number of carbonyl (C=O) groups excluding carboxylic acids is 1. The monoisotopic (exact) mass is 180 g/mol. The molecule has 0 aromatic carbocycles. The Kier molecular flexibility index (Phi) is 1.62. The predicted octanol–water partition coefficient (Wildman–Crippen LogP) is 0.564. The van der Waals surface area contributed by atoms with Gasteiger partial charge >= 0.3 is 0 Å². The SMILES string of the molecule is O=C1C2CC(C2)CN1C1CCCN1. The van der Waals surface area contributed by atoms with Gasteiger partial charge in [0.15, 0.2) is 0 Å². The Morgan fingerprint density at radius 3 is 2.85 bits per heavy atom. The van der Waals surface area contributed by atoms with E-state index in [1.165, 1.54) is 19.3 Å². The van der Waals surface area contributed by atoms with Crippen molar-refractivity contribution in [1.29, 1.82) is 0 Å². The molecule has 3 heteroatoms. The summed E-state index contributed by atoms with van der Waals surface area (Å²) in [5.41, 5.74) is 0. The first kappa shape index (κ1) is 7.80. The topological polar surface area (TPSA) is 32.3 Å². The van der Waals surface area contributed by atoms with Gasteiger partial charge < -0.3 is 4.90 Å². The quantitative estimate of drug-likeness (QED) is 0.639. The van der Waals surface area contributed by atoms with E-state index in [0.29, 0.717) is 18.0 Å². The van der Waals surface area contributed by atoms with Crippen LogP contribution in [0.2, 0.25) is 0 Å². The van der Waals surface area contributed by atoms with Gasteiger partial charge in [0.25, 0.3) is 0 Å². The molecule has 0 spiro atoms. The van der Waals surface area contributed by atoms with Crippen LogP contribution in [0.3, 0.4) is 0 Å². The second-order valence-corrected chi connectivity index (χ2v) is 4.64. The highest BCUT2D eigenvalue weighted by atomic mass is 16.2. The third-order valence-electron chi connectivity index (χ3n) is 3.73. The zero-order chi connectivity index (χ0) is 8.84. The highest BCUT2D eigenvalue weighted by Crippen LogP contribution is 2.41. The second-order valence-electron chi connectivity index (χ2n) is 4.64. The van der Waals surface area contributed by atoms with E-state index in [9.17, 15) is 4.79 Å². The molecule has 4 rings (SSSR count). The van der Waals surface area contributed by atoms with Crippen molar-refractivity contribution in [1.82, 2.24) is 10.2 Å². The Labute approximate surface area is 78.5 Å². The maximum Gasteiger partial charge on any atom is 0.226 e. The predicted molar refractivity (Wildman–Crippen MR) is 49.0 cm³/mol. The van der Waals surface area contributed by atoms with E-state index in [1.54, 1.807) is 0 Å². The van der Waals surface area contributed by atoms with E-state index in [-0.39, 0.29) is 0 Å². The van der Waals surface area contributed by atoms with Gasteiger partial charge in [-0.05, 0) is 38.1 Å². The van der Waals surface area contributed by atoms with Crippen molar-refractivity contribution in [2.24, 2.45) is 11.8 Å². The van der Waals surface area contributed by atoms with E-state index in [1.807, 2.05) is 0 Å². The zero-order valence-electron chi connectivity index (χ0n) is 7.83. The average Bonchev–Trinajstić information content (AvgIpc) is 2.54. The first-order valence-corrected chi connectivity index (χ1v) is 5.38. The number of piperidine rings is 2. The smallest absolute Gasteiger partial charge is 0.226 e. The molecule has 72 valence electrons. The van der Waals surface area contributed by atoms with Crippen LogP contribution in [0, 0.1) is 11.8 Å². The molecular weight excluding hydrogens is 164 g/mol. The molecule has 4 fully saturated rings. The molecule has 3 saturated heterocycles. The van der Waals surface area contributed by atoms with Gasteiger partial charge in [-0.25, -0.2) is 0 Å². The van der Waals surface area contributed by atoms with Crippen LogP contribution in [-0.4, -0.2) is 30.1 Å². The van der Waals surface area contributed by atoms with Gasteiger partial charge in [0.05, 0.1) is 6.17 Å². The largest absolute Gasteiger partial charge is 0.327 e. The first-order chi connectivity index (χ1) is 6.34. The van der Waals surface area contributed by atoms with E-state index in [0.717, 1.165) is 25.4 Å². The number of amides is 1. The molecule has 3 nitrogen and oxygen atoms in total. The number of rotatable bonds is 1. The van der Waals surface area contributed by atoms with Gasteiger partial charge in [0.2, 0.25) is 5.91 Å². The summed E-state index contributed by atoms with van der Waals surface area (Å²) in [5.74, 6) is 1.63. The summed E-state index contributed by atoms with van der Waals surface area (Å²) < 4.78 is 0. The average molecular weight is 180 g/mol. The highest BCUT2D eigenvalue weighted by molar-refractivity contribution is 5.81. The molecule has 2 bridgehead atoms. The van der Waals surface area contributed by atoms with Crippen molar-refractivity contribution in [2.45, 2.75) is 31.8 Å². The molecule has 1 atom stereocenters. The standard InChI is InChI=1S/C10H16N2O/c13-10-8-4-7(5-8)6-12(10)9-2-1-3-11-9/h7-9,11H,1-6H2. The van der Waals surface area contributed by atoms with Crippen molar-refractivity contribution in [3.63, 3.8) is 0 Å². The Hall–Kier alpha value is -0.570. The van der Waals surface area contributed by atoms with Crippen molar-refractivity contribution in [3.05, 3.63) is 0 Å². The lowest BCUT2D eigenvalue weighted by atomic mass is 9.70. The van der Waals surface area contributed by atoms with Crippen molar-refractivity contribution < 1.29 is 4.79 Å². The van der Waals surface area contributed by atoms with Crippen LogP contribution in [0.5, 0.6) is 0 Å². The minimum Gasteiger partial charge on any atom is -0.327 e. The Bertz CT molecular complexity index is 229. The fourth-order valence-electron chi connectivity index (χ4n) is 2.90. The third kappa shape index (κ3) is 1.10. The summed E-state index contributed by atoms with van der Waals surface area (Å²) in [5, 5.41) is 3.40. The summed E-state index contributed by atoms with van der Waals surface area (Å²) in [6, 6.07) is 0. The van der Waals surface area contributed by atoms with Crippen LogP contribution in [0.15, 0.2) is 0 Å². The number of hydrogen-bond donors (Lipinski definition) is 1. The van der Waals surface area contributed by atoms with E-state index < -0.39 is 0 Å². The summed E-state index contributed by atoms with van der Waals surface area (Å²) in [7, 11) is 0. The van der Waals surface area contributed by atoms with E-state index >= 15 is 0 Å². The Balaban J connectivity index is 1.73. The summed E-state index contributed by atoms with van der Waals surface area (Å²) in [4.78, 5) is 13.9. The van der Waals surface area contributed by atoms with Crippen LogP contribution < -0.4 is 5.32 Å². The van der Waals surface area contributed by atoms with Crippen molar-refractivity contribution >= 4 is 5.91 Å². The third-order valence-corrected chi connectivity index (χ3v) is 3.73. The highest BCUT2D eigenvalue weighted by Gasteiger charge is 2.45. The molecular formula is C10H16N2O. The molecule has 0 radical (unpaired) electrons. The van der Waals surface area contributed by atoms with Crippen LogP contribution in [0.1, 0.15) is 25.7 Å². The summed E-state index contributed by atoms with van der Waals surface area (Å²) >= 11 is 0. The molecule has 1 unspecified atom stereocenters. The molecule has 4 aliphatic rings. The van der Waals surface area contributed by atoms with Crippen molar-refractivity contribution in [3.8, 4) is 0 Å². The maximum absolute atomic E-state index is 11.8. The molecule has 13 heavy (non-hydrogen) atoms. The van der Waals surface area contributed by atoms with Gasteiger partial charge in [0, 0.05) is 12.5 Å². The van der Waals surface area contributed by atoms with Gasteiger partial charge in [-0.2, -0.15) is 0 Å². The molecule has 3 heterocycles. The summed E-state index contributed by atoms with van der Waals surface area (Å²) in [6.07, 6.45) is 5.09. The number of nitrogens with one attached hydrogen (secondary N) is 1. The molecule has 1 amide bonds. The lowest BCUT2D eigenvalue weighted by molar-refractivity contribution is -0.152. The number of nitrogens with zero attached hydrogens (tertiary/aromatic N) is 1. The van der Waals surface area contributed by atoms with Gasteiger partial charge in [-0.3, -0.25) is 10.1 Å². The lowest BCUT2D eigenvalue weighted by Crippen LogP contribution is -2.58. The van der Waals surface area contributed by atoms with E-state index in [4.69, 9.17) is 0 Å².